The van der Waals surface area contributed by atoms with Crippen LogP contribution in [0.4, 0.5) is 0 Å². The second-order valence-electron chi connectivity index (χ2n) is 8.66. The van der Waals surface area contributed by atoms with Crippen LogP contribution < -0.4 is 5.32 Å². The van der Waals surface area contributed by atoms with E-state index in [1.54, 1.807) is 0 Å². The zero-order valence-corrected chi connectivity index (χ0v) is 18.8. The molecule has 1 atom stereocenters. The molecule has 0 radical (unpaired) electrons. The molecule has 2 aromatic carbocycles. The molecule has 1 N–H and O–H groups in total. The molecule has 3 aromatic rings. The molecule has 1 amide bonds. The topological polar surface area (TPSA) is 50.2 Å². The number of benzene rings is 2. The molecule has 1 saturated heterocycles. The molecule has 1 aliphatic heterocycles. The zero-order chi connectivity index (χ0) is 21.8. The van der Waals surface area contributed by atoms with Crippen molar-refractivity contribution in [2.75, 3.05) is 19.6 Å². The van der Waals surface area contributed by atoms with E-state index < -0.39 is 0 Å². The Morgan fingerprint density at radius 2 is 1.77 bits per heavy atom. The molecule has 4 rings (SSSR count). The highest BCUT2D eigenvalue weighted by Gasteiger charge is 2.24. The fourth-order valence-corrected chi connectivity index (χ4v) is 4.41. The molecule has 5 heteroatoms. The number of amides is 1. The van der Waals surface area contributed by atoms with Gasteiger partial charge in [0.05, 0.1) is 18.3 Å². The molecule has 1 fully saturated rings. The highest BCUT2D eigenvalue weighted by Crippen LogP contribution is 2.25. The monoisotopic (exact) mass is 416 g/mol. The summed E-state index contributed by atoms with van der Waals surface area (Å²) in [6, 6.07) is 18.8. The molecule has 1 unspecified atom stereocenters. The second-order valence-corrected chi connectivity index (χ2v) is 8.66. The minimum atomic E-state index is -0.0217. The third-order valence-electron chi connectivity index (χ3n) is 6.12. The van der Waals surface area contributed by atoms with E-state index in [0.29, 0.717) is 18.7 Å². The smallest absolute Gasteiger partial charge is 0.251 e. The van der Waals surface area contributed by atoms with Gasteiger partial charge >= 0.3 is 0 Å². The summed E-state index contributed by atoms with van der Waals surface area (Å²) < 4.78 is 1.98. The lowest BCUT2D eigenvalue weighted by Gasteiger charge is -2.28. The Balaban J connectivity index is 1.45. The van der Waals surface area contributed by atoms with E-state index >= 15 is 0 Å². The van der Waals surface area contributed by atoms with Crippen molar-refractivity contribution < 1.29 is 4.79 Å². The van der Waals surface area contributed by atoms with Crippen LogP contribution in [0.15, 0.2) is 54.6 Å². The van der Waals surface area contributed by atoms with Gasteiger partial charge in [-0.05, 0) is 76.0 Å². The quantitative estimate of drug-likeness (QED) is 0.620. The second kappa shape index (κ2) is 9.48. The number of aromatic nitrogens is 2. The van der Waals surface area contributed by atoms with Crippen LogP contribution >= 0.6 is 0 Å². The van der Waals surface area contributed by atoms with Crippen LogP contribution in [0.3, 0.4) is 0 Å². The van der Waals surface area contributed by atoms with Crippen LogP contribution in [0.2, 0.25) is 0 Å². The van der Waals surface area contributed by atoms with Gasteiger partial charge < -0.3 is 5.32 Å². The average Bonchev–Trinajstić information content (AvgIpc) is 3.39. The number of rotatable bonds is 7. The first-order valence-corrected chi connectivity index (χ1v) is 11.2. The predicted octanol–water partition coefficient (Wildman–Crippen LogP) is 4.42. The van der Waals surface area contributed by atoms with E-state index in [1.807, 2.05) is 35.9 Å². The summed E-state index contributed by atoms with van der Waals surface area (Å²) in [6.45, 7) is 9.62. The van der Waals surface area contributed by atoms with Gasteiger partial charge in [-0.15, -0.1) is 0 Å². The van der Waals surface area contributed by atoms with Gasteiger partial charge in [0.1, 0.15) is 0 Å². The number of carbonyl (C=O) groups excluding carboxylic acids is 1. The number of aryl methyl sites for hydroxylation is 3. The van der Waals surface area contributed by atoms with Crippen LogP contribution in [0.25, 0.3) is 0 Å². The van der Waals surface area contributed by atoms with E-state index in [0.717, 1.165) is 30.0 Å². The maximum absolute atomic E-state index is 13.0. The highest BCUT2D eigenvalue weighted by molar-refractivity contribution is 5.94. The number of nitrogens with zero attached hydrogens (tertiary/aromatic N) is 3. The van der Waals surface area contributed by atoms with Crippen LogP contribution in [-0.2, 0) is 6.54 Å². The Bertz CT molecular complexity index is 1030. The van der Waals surface area contributed by atoms with Crippen LogP contribution in [-0.4, -0.2) is 40.2 Å². The molecule has 0 spiro atoms. The lowest BCUT2D eigenvalue weighted by molar-refractivity contribution is 0.0938. The summed E-state index contributed by atoms with van der Waals surface area (Å²) in [5, 5.41) is 7.73. The summed E-state index contributed by atoms with van der Waals surface area (Å²) in [7, 11) is 0. The van der Waals surface area contributed by atoms with Crippen LogP contribution in [0.5, 0.6) is 0 Å². The first kappa shape index (κ1) is 21.3. The SMILES string of the molecule is Cc1ccc(C(CNC(=O)c2cccc(Cn3nc(C)cc3C)c2)N2CCCC2)cc1. The third-order valence-corrected chi connectivity index (χ3v) is 6.12. The summed E-state index contributed by atoms with van der Waals surface area (Å²) in [6.07, 6.45) is 2.45. The van der Waals surface area contributed by atoms with Crippen molar-refractivity contribution in [1.29, 1.82) is 0 Å². The van der Waals surface area contributed by atoms with Gasteiger partial charge in [0.25, 0.3) is 5.91 Å². The Labute approximate surface area is 185 Å². The van der Waals surface area contributed by atoms with Gasteiger partial charge in [-0.1, -0.05) is 42.0 Å². The van der Waals surface area contributed by atoms with E-state index in [-0.39, 0.29) is 11.9 Å². The normalized spacial score (nSPS) is 15.2. The van der Waals surface area contributed by atoms with Gasteiger partial charge in [-0.25, -0.2) is 0 Å². The lowest BCUT2D eigenvalue weighted by atomic mass is 10.0. The van der Waals surface area contributed by atoms with Gasteiger partial charge in [-0.3, -0.25) is 14.4 Å². The van der Waals surface area contributed by atoms with Crippen molar-refractivity contribution in [3.05, 3.63) is 88.2 Å². The summed E-state index contributed by atoms with van der Waals surface area (Å²) >= 11 is 0. The summed E-state index contributed by atoms with van der Waals surface area (Å²) in [5.74, 6) is -0.0217. The van der Waals surface area contributed by atoms with E-state index in [2.05, 4.69) is 59.5 Å². The number of likely N-dealkylation sites (tertiary alicyclic amines) is 1. The minimum absolute atomic E-state index is 0.0217. The summed E-state index contributed by atoms with van der Waals surface area (Å²) in [5.41, 5.74) is 6.43. The summed E-state index contributed by atoms with van der Waals surface area (Å²) in [4.78, 5) is 15.5. The van der Waals surface area contributed by atoms with Crippen molar-refractivity contribution in [1.82, 2.24) is 20.0 Å². The minimum Gasteiger partial charge on any atom is -0.350 e. The van der Waals surface area contributed by atoms with E-state index in [9.17, 15) is 4.79 Å². The maximum Gasteiger partial charge on any atom is 0.251 e. The molecular weight excluding hydrogens is 384 g/mol. The lowest BCUT2D eigenvalue weighted by Crippen LogP contribution is -2.36. The third kappa shape index (κ3) is 5.23. The van der Waals surface area contributed by atoms with Crippen LogP contribution in [0, 0.1) is 20.8 Å². The molecule has 2 heterocycles. The van der Waals surface area contributed by atoms with Crippen molar-refractivity contribution >= 4 is 5.91 Å². The first-order valence-electron chi connectivity index (χ1n) is 11.2. The number of nitrogens with one attached hydrogen (secondary N) is 1. The Morgan fingerprint density at radius 3 is 2.45 bits per heavy atom. The fourth-order valence-electron chi connectivity index (χ4n) is 4.41. The van der Waals surface area contributed by atoms with E-state index in [1.165, 1.54) is 24.0 Å². The molecule has 162 valence electrons. The molecule has 0 aliphatic carbocycles. The zero-order valence-electron chi connectivity index (χ0n) is 18.8. The Hall–Kier alpha value is -2.92. The van der Waals surface area contributed by atoms with Gasteiger partial charge in [0, 0.05) is 17.8 Å². The largest absolute Gasteiger partial charge is 0.350 e. The van der Waals surface area contributed by atoms with Crippen molar-refractivity contribution in [3.63, 3.8) is 0 Å². The standard InChI is InChI=1S/C26H32N4O/c1-19-9-11-23(12-10-19)25(29-13-4-5-14-29)17-27-26(31)24-8-6-7-22(16-24)18-30-21(3)15-20(2)28-30/h6-12,15-16,25H,4-5,13-14,17-18H2,1-3H3,(H,27,31). The van der Waals surface area contributed by atoms with Gasteiger partial charge in [0.15, 0.2) is 0 Å². The molecule has 5 nitrogen and oxygen atoms in total. The first-order chi connectivity index (χ1) is 15.0. The van der Waals surface area contributed by atoms with Crippen molar-refractivity contribution in [2.24, 2.45) is 0 Å². The van der Waals surface area contributed by atoms with Gasteiger partial charge in [-0.2, -0.15) is 5.10 Å². The molecule has 0 saturated carbocycles. The Kier molecular flexibility index (Phi) is 6.52. The predicted molar refractivity (Wildman–Crippen MR) is 124 cm³/mol. The highest BCUT2D eigenvalue weighted by atomic mass is 16.1. The number of hydrogen-bond donors (Lipinski definition) is 1. The fraction of sp³-hybridized carbons (Fsp3) is 0.385. The van der Waals surface area contributed by atoms with Gasteiger partial charge in [0.2, 0.25) is 0 Å². The molecule has 1 aliphatic rings. The van der Waals surface area contributed by atoms with Crippen molar-refractivity contribution in [3.8, 4) is 0 Å². The molecule has 31 heavy (non-hydrogen) atoms. The maximum atomic E-state index is 13.0. The molecule has 1 aromatic heterocycles. The van der Waals surface area contributed by atoms with Crippen LogP contribution in [0.1, 0.15) is 57.3 Å². The number of hydrogen-bond acceptors (Lipinski definition) is 3. The van der Waals surface area contributed by atoms with E-state index in [4.69, 9.17) is 0 Å². The number of carbonyl (C=O) groups is 1. The van der Waals surface area contributed by atoms with Crippen molar-refractivity contribution in [2.45, 2.75) is 46.2 Å². The average molecular weight is 417 g/mol. The molecule has 0 bridgehead atoms. The Morgan fingerprint density at radius 1 is 1.03 bits per heavy atom. The molecular formula is C26H32N4O.